The van der Waals surface area contributed by atoms with E-state index in [-0.39, 0.29) is 47.8 Å². The average molecular weight is 548 g/mol. The van der Waals surface area contributed by atoms with Crippen LogP contribution in [0.15, 0.2) is 47.4 Å². The van der Waals surface area contributed by atoms with Gasteiger partial charge in [-0.3, -0.25) is 9.59 Å². The lowest BCUT2D eigenvalue weighted by molar-refractivity contribution is -0.128. The molecule has 2 N–H and O–H groups in total. The predicted octanol–water partition coefficient (Wildman–Crippen LogP) is 1.51. The molecule has 12 heteroatoms. The summed E-state index contributed by atoms with van der Waals surface area (Å²) in [6, 6.07) is 10.0. The van der Waals surface area contributed by atoms with Crippen molar-refractivity contribution in [3.05, 3.63) is 53.6 Å². The number of carbonyl (C=O) groups is 3. The zero-order valence-electron chi connectivity index (χ0n) is 21.9. The third-order valence-electron chi connectivity index (χ3n) is 6.31. The number of sulfonamides is 1. The molecule has 1 heterocycles. The Morgan fingerprint density at radius 3 is 2.29 bits per heavy atom. The van der Waals surface area contributed by atoms with Crippen LogP contribution >= 0.6 is 0 Å². The summed E-state index contributed by atoms with van der Waals surface area (Å²) in [4.78, 5) is 37.0. The van der Waals surface area contributed by atoms with Crippen LogP contribution in [0.3, 0.4) is 0 Å². The van der Waals surface area contributed by atoms with E-state index < -0.39 is 22.0 Å². The molecule has 2 amide bonds. The first-order valence-electron chi connectivity index (χ1n) is 12.1. The van der Waals surface area contributed by atoms with Gasteiger partial charge in [0.1, 0.15) is 6.04 Å². The van der Waals surface area contributed by atoms with Crippen molar-refractivity contribution in [1.29, 1.82) is 0 Å². The maximum absolute atomic E-state index is 13.3. The minimum atomic E-state index is -3.95. The first kappa shape index (κ1) is 28.9. The molecule has 0 aliphatic carbocycles. The summed E-state index contributed by atoms with van der Waals surface area (Å²) in [6.07, 6.45) is 0.893. The number of esters is 1. The predicted molar refractivity (Wildman–Crippen MR) is 139 cm³/mol. The molecule has 1 aliphatic rings. The average Bonchev–Trinajstić information content (AvgIpc) is 2.92. The van der Waals surface area contributed by atoms with Crippen LogP contribution in [0.1, 0.15) is 35.7 Å². The van der Waals surface area contributed by atoms with E-state index in [1.807, 2.05) is 0 Å². The SMILES string of the molecule is COC(=O)c1ccccc1S(=O)(=O)N1CCC(NC(=O)[C@@H](Cc2cccc(OC)c2OC)NC(C)=O)CC1. The number of nitrogens with zero attached hydrogens (tertiary/aromatic N) is 1. The van der Waals surface area contributed by atoms with Crippen molar-refractivity contribution in [3.8, 4) is 11.5 Å². The topological polar surface area (TPSA) is 140 Å². The van der Waals surface area contributed by atoms with Crippen molar-refractivity contribution in [1.82, 2.24) is 14.9 Å². The smallest absolute Gasteiger partial charge is 0.339 e. The Morgan fingerprint density at radius 2 is 1.68 bits per heavy atom. The lowest BCUT2D eigenvalue weighted by Gasteiger charge is -2.32. The van der Waals surface area contributed by atoms with Gasteiger partial charge in [0.15, 0.2) is 11.5 Å². The third-order valence-corrected chi connectivity index (χ3v) is 8.27. The van der Waals surface area contributed by atoms with Crippen molar-refractivity contribution in [3.63, 3.8) is 0 Å². The van der Waals surface area contributed by atoms with Gasteiger partial charge in [-0.25, -0.2) is 13.2 Å². The second-order valence-electron chi connectivity index (χ2n) is 8.78. The molecular formula is C26H33N3O8S. The molecule has 0 spiro atoms. The molecule has 0 aromatic heterocycles. The van der Waals surface area contributed by atoms with E-state index in [9.17, 15) is 22.8 Å². The molecule has 1 atom stereocenters. The van der Waals surface area contributed by atoms with E-state index in [0.29, 0.717) is 29.9 Å². The highest BCUT2D eigenvalue weighted by molar-refractivity contribution is 7.89. The van der Waals surface area contributed by atoms with Crippen molar-refractivity contribution in [2.45, 2.75) is 43.2 Å². The molecule has 11 nitrogen and oxygen atoms in total. The van der Waals surface area contributed by atoms with Crippen LogP contribution in [-0.4, -0.2) is 77.0 Å². The summed E-state index contributed by atoms with van der Waals surface area (Å²) in [5, 5.41) is 5.63. The number of hydrogen-bond acceptors (Lipinski definition) is 8. The maximum atomic E-state index is 13.3. The zero-order valence-corrected chi connectivity index (χ0v) is 22.7. The Hall–Kier alpha value is -3.64. The number of piperidine rings is 1. The van der Waals surface area contributed by atoms with Crippen LogP contribution in [0.5, 0.6) is 11.5 Å². The van der Waals surface area contributed by atoms with Crippen LogP contribution in [0.25, 0.3) is 0 Å². The summed E-state index contributed by atoms with van der Waals surface area (Å²) in [7, 11) is 0.257. The highest BCUT2D eigenvalue weighted by Crippen LogP contribution is 2.31. The summed E-state index contributed by atoms with van der Waals surface area (Å²) in [6.45, 7) is 1.63. The van der Waals surface area contributed by atoms with Gasteiger partial charge < -0.3 is 24.8 Å². The number of para-hydroxylation sites is 1. The molecule has 1 saturated heterocycles. The third kappa shape index (κ3) is 6.62. The van der Waals surface area contributed by atoms with E-state index in [1.54, 1.807) is 30.3 Å². The Morgan fingerprint density at radius 1 is 1.00 bits per heavy atom. The van der Waals surface area contributed by atoms with E-state index >= 15 is 0 Å². The fraction of sp³-hybridized carbons (Fsp3) is 0.423. The quantitative estimate of drug-likeness (QED) is 0.427. The second kappa shape index (κ2) is 12.7. The van der Waals surface area contributed by atoms with Gasteiger partial charge >= 0.3 is 5.97 Å². The molecule has 0 unspecified atom stereocenters. The van der Waals surface area contributed by atoms with Gasteiger partial charge in [-0.15, -0.1) is 0 Å². The number of nitrogens with one attached hydrogen (secondary N) is 2. The highest BCUT2D eigenvalue weighted by Gasteiger charge is 2.33. The lowest BCUT2D eigenvalue weighted by atomic mass is 10.0. The Kier molecular flexibility index (Phi) is 9.70. The molecule has 206 valence electrons. The van der Waals surface area contributed by atoms with E-state index in [1.165, 1.54) is 44.7 Å². The Balaban J connectivity index is 1.69. The van der Waals surface area contributed by atoms with Crippen LogP contribution in [0.4, 0.5) is 0 Å². The molecular weight excluding hydrogens is 514 g/mol. The molecule has 1 aliphatic heterocycles. The Bertz CT molecular complexity index is 1270. The summed E-state index contributed by atoms with van der Waals surface area (Å²) in [5.41, 5.74) is 0.655. The van der Waals surface area contributed by atoms with E-state index in [0.717, 1.165) is 0 Å². The largest absolute Gasteiger partial charge is 0.493 e. The number of ether oxygens (including phenoxy) is 3. The molecule has 3 rings (SSSR count). The van der Waals surface area contributed by atoms with Gasteiger partial charge in [0.2, 0.25) is 21.8 Å². The van der Waals surface area contributed by atoms with Gasteiger partial charge in [-0.2, -0.15) is 4.31 Å². The van der Waals surface area contributed by atoms with Gasteiger partial charge in [-0.1, -0.05) is 24.3 Å². The van der Waals surface area contributed by atoms with Gasteiger partial charge in [0.05, 0.1) is 31.8 Å². The second-order valence-corrected chi connectivity index (χ2v) is 10.7. The molecule has 0 saturated carbocycles. The van der Waals surface area contributed by atoms with Crippen LogP contribution in [-0.2, 0) is 30.8 Å². The maximum Gasteiger partial charge on any atom is 0.339 e. The van der Waals surface area contributed by atoms with Crippen molar-refractivity contribution in [2.24, 2.45) is 0 Å². The minimum Gasteiger partial charge on any atom is -0.493 e. The number of methoxy groups -OCH3 is 3. The number of amides is 2. The van der Waals surface area contributed by atoms with Crippen LogP contribution in [0.2, 0.25) is 0 Å². The van der Waals surface area contributed by atoms with Crippen molar-refractivity contribution >= 4 is 27.8 Å². The fourth-order valence-corrected chi connectivity index (χ4v) is 6.09. The standard InChI is InChI=1S/C26H33N3O8S/c1-17(30)27-21(16-18-8-7-10-22(35-2)24(18)36-3)25(31)28-19-12-14-29(15-13-19)38(33,34)23-11-6-5-9-20(23)26(32)37-4/h5-11,19,21H,12-16H2,1-4H3,(H,27,30)(H,28,31)/t21-/m1/s1. The first-order chi connectivity index (χ1) is 18.1. The summed E-state index contributed by atoms with van der Waals surface area (Å²) in [5.74, 6) is -0.499. The van der Waals surface area contributed by atoms with Crippen molar-refractivity contribution in [2.75, 3.05) is 34.4 Å². The highest BCUT2D eigenvalue weighted by atomic mass is 32.2. The van der Waals surface area contributed by atoms with Crippen LogP contribution < -0.4 is 20.1 Å². The first-order valence-corrected chi connectivity index (χ1v) is 13.5. The number of carbonyl (C=O) groups excluding carboxylic acids is 3. The summed E-state index contributed by atoms with van der Waals surface area (Å²) < 4.78 is 43.3. The molecule has 0 radical (unpaired) electrons. The van der Waals surface area contributed by atoms with Gasteiger partial charge in [0, 0.05) is 38.0 Å². The van der Waals surface area contributed by atoms with Crippen LogP contribution in [0, 0.1) is 0 Å². The normalized spacial score (nSPS) is 15.3. The Labute approximate surface area is 222 Å². The molecule has 2 aromatic rings. The number of rotatable bonds is 10. The molecule has 1 fully saturated rings. The van der Waals surface area contributed by atoms with E-state index in [2.05, 4.69) is 10.6 Å². The van der Waals surface area contributed by atoms with E-state index in [4.69, 9.17) is 14.2 Å². The fourth-order valence-electron chi connectivity index (χ4n) is 4.44. The molecule has 0 bridgehead atoms. The summed E-state index contributed by atoms with van der Waals surface area (Å²) >= 11 is 0. The van der Waals surface area contributed by atoms with Gasteiger partial charge in [0.25, 0.3) is 0 Å². The minimum absolute atomic E-state index is 0.0310. The monoisotopic (exact) mass is 547 g/mol. The van der Waals surface area contributed by atoms with Crippen molar-refractivity contribution < 1.29 is 37.0 Å². The zero-order chi connectivity index (χ0) is 27.9. The lowest BCUT2D eigenvalue weighted by Crippen LogP contribution is -2.53. The molecule has 38 heavy (non-hydrogen) atoms. The number of benzene rings is 2. The van der Waals surface area contributed by atoms with Gasteiger partial charge in [-0.05, 0) is 31.0 Å². The molecule has 2 aromatic carbocycles. The number of hydrogen-bond donors (Lipinski definition) is 2.